The van der Waals surface area contributed by atoms with Gasteiger partial charge in [0.25, 0.3) is 5.91 Å². The SMILES string of the molecule is CC(=O)C(COC(=O)CC(C)OC(=O)C(C)C)NC(=O)c1nccc(C)c1O. The van der Waals surface area contributed by atoms with E-state index in [1.165, 1.54) is 19.2 Å². The number of aryl methyl sites for hydroxylation is 1. The van der Waals surface area contributed by atoms with Crippen molar-refractivity contribution in [2.45, 2.75) is 53.2 Å². The summed E-state index contributed by atoms with van der Waals surface area (Å²) in [5.74, 6) is -2.92. The van der Waals surface area contributed by atoms with Crippen molar-refractivity contribution in [1.82, 2.24) is 10.3 Å². The Morgan fingerprint density at radius 2 is 1.86 bits per heavy atom. The van der Waals surface area contributed by atoms with Crippen molar-refractivity contribution in [3.63, 3.8) is 0 Å². The number of nitrogens with zero attached hydrogens (tertiary/aromatic N) is 1. The first-order chi connectivity index (χ1) is 13.0. The highest BCUT2D eigenvalue weighted by atomic mass is 16.6. The van der Waals surface area contributed by atoms with Gasteiger partial charge in [0.15, 0.2) is 11.5 Å². The highest BCUT2D eigenvalue weighted by Gasteiger charge is 2.24. The molecule has 0 aromatic carbocycles. The summed E-state index contributed by atoms with van der Waals surface area (Å²) >= 11 is 0. The van der Waals surface area contributed by atoms with Crippen molar-refractivity contribution in [1.29, 1.82) is 0 Å². The van der Waals surface area contributed by atoms with Crippen LogP contribution in [0.5, 0.6) is 5.75 Å². The smallest absolute Gasteiger partial charge is 0.309 e. The zero-order chi connectivity index (χ0) is 21.4. The average molecular weight is 394 g/mol. The summed E-state index contributed by atoms with van der Waals surface area (Å²) < 4.78 is 10.1. The van der Waals surface area contributed by atoms with Gasteiger partial charge in [0.2, 0.25) is 0 Å². The molecule has 0 spiro atoms. The van der Waals surface area contributed by atoms with Gasteiger partial charge in [-0.1, -0.05) is 13.8 Å². The van der Waals surface area contributed by atoms with Crippen LogP contribution in [0, 0.1) is 12.8 Å². The molecule has 1 aromatic heterocycles. The summed E-state index contributed by atoms with van der Waals surface area (Å²) in [5, 5.41) is 12.3. The molecule has 0 aliphatic rings. The lowest BCUT2D eigenvalue weighted by molar-refractivity contribution is -0.156. The number of pyridine rings is 1. The maximum Gasteiger partial charge on any atom is 0.309 e. The molecule has 0 fully saturated rings. The molecular formula is C19H26N2O7. The van der Waals surface area contributed by atoms with Gasteiger partial charge in [0, 0.05) is 6.20 Å². The van der Waals surface area contributed by atoms with E-state index in [0.29, 0.717) is 5.56 Å². The maximum absolute atomic E-state index is 12.3. The van der Waals surface area contributed by atoms with E-state index in [1.54, 1.807) is 27.7 Å². The van der Waals surface area contributed by atoms with Crippen LogP contribution in [-0.2, 0) is 23.9 Å². The molecule has 0 saturated heterocycles. The van der Waals surface area contributed by atoms with Crippen LogP contribution in [0.15, 0.2) is 12.3 Å². The number of hydrogen-bond acceptors (Lipinski definition) is 8. The van der Waals surface area contributed by atoms with Crippen molar-refractivity contribution in [2.75, 3.05) is 6.61 Å². The number of carbonyl (C=O) groups excluding carboxylic acids is 4. The number of amides is 1. The van der Waals surface area contributed by atoms with Crippen LogP contribution in [0.25, 0.3) is 0 Å². The molecule has 1 heterocycles. The molecule has 9 heteroatoms. The average Bonchev–Trinajstić information content (AvgIpc) is 2.60. The fraction of sp³-hybridized carbons (Fsp3) is 0.526. The zero-order valence-electron chi connectivity index (χ0n) is 16.6. The fourth-order valence-corrected chi connectivity index (χ4v) is 2.05. The highest BCUT2D eigenvalue weighted by molar-refractivity contribution is 5.98. The molecule has 1 aromatic rings. The van der Waals surface area contributed by atoms with E-state index in [0.717, 1.165) is 0 Å². The second-order valence-electron chi connectivity index (χ2n) is 6.75. The van der Waals surface area contributed by atoms with Crippen molar-refractivity contribution >= 4 is 23.6 Å². The molecule has 0 saturated carbocycles. The Bertz CT molecular complexity index is 746. The molecule has 9 nitrogen and oxygen atoms in total. The summed E-state index contributed by atoms with van der Waals surface area (Å²) in [6.07, 6.45) is 0.491. The molecule has 2 unspecified atom stereocenters. The number of aromatic nitrogens is 1. The summed E-state index contributed by atoms with van der Waals surface area (Å²) in [7, 11) is 0. The number of aromatic hydroxyl groups is 1. The maximum atomic E-state index is 12.3. The minimum Gasteiger partial charge on any atom is -0.505 e. The first-order valence-electron chi connectivity index (χ1n) is 8.84. The van der Waals surface area contributed by atoms with Gasteiger partial charge in [-0.15, -0.1) is 0 Å². The Balaban J connectivity index is 2.62. The van der Waals surface area contributed by atoms with Crippen LogP contribution in [-0.4, -0.2) is 52.5 Å². The van der Waals surface area contributed by atoms with Gasteiger partial charge < -0.3 is 19.9 Å². The van der Waals surface area contributed by atoms with Crippen LogP contribution in [0.1, 0.15) is 50.2 Å². The molecule has 0 aliphatic carbocycles. The molecule has 0 radical (unpaired) electrons. The molecule has 28 heavy (non-hydrogen) atoms. The number of Topliss-reactive ketones (excluding diaryl/α,β-unsaturated/α-hetero) is 1. The van der Waals surface area contributed by atoms with E-state index in [4.69, 9.17) is 9.47 Å². The second-order valence-corrected chi connectivity index (χ2v) is 6.75. The quantitative estimate of drug-likeness (QED) is 0.599. The van der Waals surface area contributed by atoms with E-state index in [-0.39, 0.29) is 23.8 Å². The molecule has 0 bridgehead atoms. The van der Waals surface area contributed by atoms with Gasteiger partial charge in [0.05, 0.1) is 12.3 Å². The summed E-state index contributed by atoms with van der Waals surface area (Å²) in [4.78, 5) is 51.2. The van der Waals surface area contributed by atoms with E-state index >= 15 is 0 Å². The van der Waals surface area contributed by atoms with E-state index in [9.17, 15) is 24.3 Å². The normalized spacial score (nSPS) is 12.8. The molecule has 2 N–H and O–H groups in total. The van der Waals surface area contributed by atoms with Gasteiger partial charge in [-0.3, -0.25) is 19.2 Å². The summed E-state index contributed by atoms with van der Waals surface area (Å²) in [5.41, 5.74) is 0.225. The molecule has 2 atom stereocenters. The third-order valence-electron chi connectivity index (χ3n) is 3.79. The largest absolute Gasteiger partial charge is 0.505 e. The Kier molecular flexibility index (Phi) is 8.56. The Morgan fingerprint density at radius 3 is 2.43 bits per heavy atom. The number of hydrogen-bond donors (Lipinski definition) is 2. The van der Waals surface area contributed by atoms with E-state index in [1.807, 2.05) is 0 Å². The second kappa shape index (κ2) is 10.4. The lowest BCUT2D eigenvalue weighted by atomic mass is 10.1. The first kappa shape index (κ1) is 23.1. The van der Waals surface area contributed by atoms with Crippen LogP contribution in [0.3, 0.4) is 0 Å². The Hall–Kier alpha value is -2.97. The topological polar surface area (TPSA) is 132 Å². The Labute approximate surface area is 163 Å². The van der Waals surface area contributed by atoms with E-state index in [2.05, 4.69) is 10.3 Å². The lowest BCUT2D eigenvalue weighted by Crippen LogP contribution is -2.44. The summed E-state index contributed by atoms with van der Waals surface area (Å²) in [6.45, 7) is 7.35. The molecule has 154 valence electrons. The zero-order valence-corrected chi connectivity index (χ0v) is 16.6. The van der Waals surface area contributed by atoms with Crippen LogP contribution < -0.4 is 5.32 Å². The number of nitrogens with one attached hydrogen (secondary N) is 1. The number of ether oxygens (including phenoxy) is 2. The highest BCUT2D eigenvalue weighted by Crippen LogP contribution is 2.18. The van der Waals surface area contributed by atoms with Crippen LogP contribution >= 0.6 is 0 Å². The van der Waals surface area contributed by atoms with E-state index < -0.39 is 42.4 Å². The van der Waals surface area contributed by atoms with Gasteiger partial charge in [-0.05, 0) is 32.4 Å². The van der Waals surface area contributed by atoms with Crippen molar-refractivity contribution in [3.8, 4) is 5.75 Å². The number of esters is 2. The minimum absolute atomic E-state index is 0.183. The van der Waals surface area contributed by atoms with Gasteiger partial charge >= 0.3 is 11.9 Å². The first-order valence-corrected chi connectivity index (χ1v) is 8.84. The van der Waals surface area contributed by atoms with Gasteiger partial charge in [-0.2, -0.15) is 0 Å². The van der Waals surface area contributed by atoms with Crippen LogP contribution in [0.2, 0.25) is 0 Å². The molecule has 1 rings (SSSR count). The van der Waals surface area contributed by atoms with Crippen molar-refractivity contribution < 1.29 is 33.8 Å². The predicted octanol–water partition coefficient (Wildman–Crippen LogP) is 1.30. The third-order valence-corrected chi connectivity index (χ3v) is 3.79. The number of carbonyl (C=O) groups is 4. The predicted molar refractivity (Wildman–Crippen MR) is 98.5 cm³/mol. The monoisotopic (exact) mass is 394 g/mol. The lowest BCUT2D eigenvalue weighted by Gasteiger charge is -2.18. The Morgan fingerprint density at radius 1 is 1.21 bits per heavy atom. The third kappa shape index (κ3) is 6.98. The molecular weight excluding hydrogens is 368 g/mol. The van der Waals surface area contributed by atoms with Gasteiger partial charge in [-0.25, -0.2) is 4.98 Å². The molecule has 1 amide bonds. The van der Waals surface area contributed by atoms with Crippen LogP contribution in [0.4, 0.5) is 0 Å². The molecule has 0 aliphatic heterocycles. The summed E-state index contributed by atoms with van der Waals surface area (Å²) in [6, 6.07) is 0.426. The standard InChI is InChI=1S/C19H26N2O7/c1-10(2)19(26)28-12(4)8-15(23)27-9-14(13(5)22)21-18(25)16-17(24)11(3)6-7-20-16/h6-7,10,12,14,24H,8-9H2,1-5H3,(H,21,25). The number of ketones is 1. The van der Waals surface area contributed by atoms with Crippen molar-refractivity contribution in [2.24, 2.45) is 5.92 Å². The fourth-order valence-electron chi connectivity index (χ4n) is 2.05. The van der Waals surface area contributed by atoms with Gasteiger partial charge in [0.1, 0.15) is 24.5 Å². The minimum atomic E-state index is -1.10. The number of rotatable bonds is 9. The van der Waals surface area contributed by atoms with Crippen molar-refractivity contribution in [3.05, 3.63) is 23.5 Å².